The lowest BCUT2D eigenvalue weighted by atomic mass is 10.0. The summed E-state index contributed by atoms with van der Waals surface area (Å²) in [5.74, 6) is 2.05. The Hall–Kier alpha value is -0.760. The number of nitrogens with one attached hydrogen (secondary N) is 2. The minimum Gasteiger partial charge on any atom is -0.466 e. The fourth-order valence-electron chi connectivity index (χ4n) is 1.71. The smallest absolute Gasteiger partial charge is 0.191 e. The maximum absolute atomic E-state index is 10.3. The Kier molecular flexibility index (Phi) is 6.12. The van der Waals surface area contributed by atoms with Crippen LogP contribution in [0.2, 0.25) is 0 Å². The van der Waals surface area contributed by atoms with Crippen molar-refractivity contribution in [2.24, 2.45) is 10.9 Å². The van der Waals surface area contributed by atoms with E-state index in [-0.39, 0.29) is 24.0 Å². The second-order valence-corrected chi connectivity index (χ2v) is 5.00. The molecule has 1 heterocycles. The number of rotatable bonds is 5. The molecule has 2 rings (SSSR count). The zero-order valence-corrected chi connectivity index (χ0v) is 13.7. The Labute approximate surface area is 130 Å². The van der Waals surface area contributed by atoms with E-state index < -0.39 is 5.60 Å². The Bertz CT molecular complexity index is 400. The van der Waals surface area contributed by atoms with Crippen molar-refractivity contribution in [1.82, 2.24) is 10.6 Å². The molecular weight excluding hydrogens is 357 g/mol. The second-order valence-electron chi connectivity index (χ2n) is 5.00. The summed E-state index contributed by atoms with van der Waals surface area (Å²) in [6, 6.07) is 3.53. The monoisotopic (exact) mass is 379 g/mol. The molecular formula is C13H22IN3O2. The van der Waals surface area contributed by atoms with Gasteiger partial charge in [-0.05, 0) is 37.8 Å². The van der Waals surface area contributed by atoms with Crippen LogP contribution in [0.25, 0.3) is 0 Å². The largest absolute Gasteiger partial charge is 0.466 e. The van der Waals surface area contributed by atoms with Crippen molar-refractivity contribution >= 4 is 29.9 Å². The minimum atomic E-state index is -1.04. The Morgan fingerprint density at radius 1 is 1.53 bits per heavy atom. The maximum Gasteiger partial charge on any atom is 0.191 e. The third-order valence-electron chi connectivity index (χ3n) is 3.13. The summed E-state index contributed by atoms with van der Waals surface area (Å²) in [4.78, 5) is 4.12. The zero-order chi connectivity index (χ0) is 13.0. The summed E-state index contributed by atoms with van der Waals surface area (Å²) in [5, 5.41) is 16.6. The first-order chi connectivity index (χ1) is 8.62. The summed E-state index contributed by atoms with van der Waals surface area (Å²) < 4.78 is 5.22. The fraction of sp³-hybridized carbons (Fsp3) is 0.615. The van der Waals surface area contributed by atoms with Crippen LogP contribution in [0.3, 0.4) is 0 Å². The molecule has 1 aromatic rings. The Morgan fingerprint density at radius 3 is 2.79 bits per heavy atom. The van der Waals surface area contributed by atoms with Crippen molar-refractivity contribution in [3.8, 4) is 0 Å². The number of hydrogen-bond donors (Lipinski definition) is 3. The number of aliphatic hydroxyl groups is 1. The molecule has 0 aromatic carbocycles. The molecule has 108 valence electrons. The van der Waals surface area contributed by atoms with Crippen LogP contribution in [0, 0.1) is 5.92 Å². The summed E-state index contributed by atoms with van der Waals surface area (Å²) in [6.45, 7) is 3.01. The van der Waals surface area contributed by atoms with Gasteiger partial charge in [-0.25, -0.2) is 0 Å². The van der Waals surface area contributed by atoms with E-state index in [2.05, 4.69) is 15.6 Å². The standard InChI is InChI=1S/C13H21N3O2.HI/c1-13(17,11-4-3-7-18-11)9-16-12(14-2)15-8-10-5-6-10;/h3-4,7,10,17H,5-6,8-9H2,1-2H3,(H2,14,15,16);1H. The number of halogens is 1. The van der Waals surface area contributed by atoms with Crippen LogP contribution in [0.5, 0.6) is 0 Å². The first-order valence-corrected chi connectivity index (χ1v) is 6.33. The van der Waals surface area contributed by atoms with Gasteiger partial charge in [0.1, 0.15) is 11.4 Å². The van der Waals surface area contributed by atoms with E-state index in [0.717, 1.165) is 12.5 Å². The van der Waals surface area contributed by atoms with Crippen LogP contribution in [0.15, 0.2) is 27.8 Å². The highest BCUT2D eigenvalue weighted by molar-refractivity contribution is 14.0. The van der Waals surface area contributed by atoms with Crippen LogP contribution in [0.1, 0.15) is 25.5 Å². The number of aliphatic imine (C=N–C) groups is 1. The molecule has 0 bridgehead atoms. The fourth-order valence-corrected chi connectivity index (χ4v) is 1.71. The van der Waals surface area contributed by atoms with E-state index in [0.29, 0.717) is 18.3 Å². The summed E-state index contributed by atoms with van der Waals surface area (Å²) in [5.41, 5.74) is -1.04. The van der Waals surface area contributed by atoms with E-state index in [4.69, 9.17) is 4.42 Å². The number of nitrogens with zero attached hydrogens (tertiary/aromatic N) is 1. The molecule has 6 heteroatoms. The van der Waals surface area contributed by atoms with Crippen molar-refractivity contribution in [1.29, 1.82) is 0 Å². The minimum absolute atomic E-state index is 0. The van der Waals surface area contributed by atoms with Crippen molar-refractivity contribution < 1.29 is 9.52 Å². The molecule has 1 aliphatic rings. The van der Waals surface area contributed by atoms with Gasteiger partial charge in [-0.3, -0.25) is 4.99 Å². The molecule has 19 heavy (non-hydrogen) atoms. The molecule has 0 spiro atoms. The number of hydrogen-bond acceptors (Lipinski definition) is 3. The third kappa shape index (κ3) is 5.02. The quantitative estimate of drug-likeness (QED) is 0.414. The van der Waals surface area contributed by atoms with Gasteiger partial charge in [0.05, 0.1) is 12.8 Å². The van der Waals surface area contributed by atoms with Crippen molar-refractivity contribution in [2.75, 3.05) is 20.1 Å². The van der Waals surface area contributed by atoms with Crippen LogP contribution in [0.4, 0.5) is 0 Å². The van der Waals surface area contributed by atoms with Gasteiger partial charge in [0, 0.05) is 13.6 Å². The van der Waals surface area contributed by atoms with E-state index in [9.17, 15) is 5.11 Å². The number of furan rings is 1. The van der Waals surface area contributed by atoms with Gasteiger partial charge in [0.15, 0.2) is 5.96 Å². The van der Waals surface area contributed by atoms with Gasteiger partial charge in [0.25, 0.3) is 0 Å². The first kappa shape index (κ1) is 16.3. The van der Waals surface area contributed by atoms with Crippen LogP contribution >= 0.6 is 24.0 Å². The van der Waals surface area contributed by atoms with E-state index in [1.165, 1.54) is 12.8 Å². The van der Waals surface area contributed by atoms with Gasteiger partial charge < -0.3 is 20.2 Å². The van der Waals surface area contributed by atoms with Gasteiger partial charge in [-0.2, -0.15) is 0 Å². The Morgan fingerprint density at radius 2 is 2.26 bits per heavy atom. The van der Waals surface area contributed by atoms with Crippen molar-refractivity contribution in [2.45, 2.75) is 25.4 Å². The van der Waals surface area contributed by atoms with Crippen LogP contribution < -0.4 is 10.6 Å². The lowest BCUT2D eigenvalue weighted by Crippen LogP contribution is -2.44. The highest BCUT2D eigenvalue weighted by atomic mass is 127. The van der Waals surface area contributed by atoms with Gasteiger partial charge in [0.2, 0.25) is 0 Å². The Balaban J connectivity index is 0.00000180. The highest BCUT2D eigenvalue weighted by Gasteiger charge is 2.27. The van der Waals surface area contributed by atoms with Gasteiger partial charge >= 0.3 is 0 Å². The molecule has 1 aliphatic carbocycles. The van der Waals surface area contributed by atoms with Crippen LogP contribution in [-0.4, -0.2) is 31.2 Å². The molecule has 0 radical (unpaired) electrons. The van der Waals surface area contributed by atoms with Gasteiger partial charge in [-0.15, -0.1) is 24.0 Å². The second kappa shape index (κ2) is 7.14. The van der Waals surface area contributed by atoms with E-state index in [1.54, 1.807) is 32.4 Å². The average molecular weight is 379 g/mol. The molecule has 3 N–H and O–H groups in total. The predicted octanol–water partition coefficient (Wildman–Crippen LogP) is 1.68. The predicted molar refractivity (Wildman–Crippen MR) is 85.8 cm³/mol. The molecule has 5 nitrogen and oxygen atoms in total. The van der Waals surface area contributed by atoms with Crippen molar-refractivity contribution in [3.05, 3.63) is 24.2 Å². The third-order valence-corrected chi connectivity index (χ3v) is 3.13. The van der Waals surface area contributed by atoms with E-state index in [1.807, 2.05) is 0 Å². The molecule has 1 unspecified atom stereocenters. The highest BCUT2D eigenvalue weighted by Crippen LogP contribution is 2.27. The first-order valence-electron chi connectivity index (χ1n) is 6.33. The lowest BCUT2D eigenvalue weighted by Gasteiger charge is -2.22. The number of guanidine groups is 1. The summed E-state index contributed by atoms with van der Waals surface area (Å²) in [7, 11) is 1.73. The summed E-state index contributed by atoms with van der Waals surface area (Å²) in [6.07, 6.45) is 4.16. The average Bonchev–Trinajstić information content (AvgIpc) is 3.00. The molecule has 1 aromatic heterocycles. The molecule has 1 fully saturated rings. The molecule has 1 saturated carbocycles. The van der Waals surface area contributed by atoms with Gasteiger partial charge in [-0.1, -0.05) is 0 Å². The van der Waals surface area contributed by atoms with Crippen molar-refractivity contribution in [3.63, 3.8) is 0 Å². The molecule has 0 saturated heterocycles. The topological polar surface area (TPSA) is 69.8 Å². The SMILES string of the molecule is CN=C(NCC1CC1)NCC(C)(O)c1ccco1.I. The lowest BCUT2D eigenvalue weighted by molar-refractivity contribution is 0.0386. The summed E-state index contributed by atoms with van der Waals surface area (Å²) >= 11 is 0. The maximum atomic E-state index is 10.3. The van der Waals surface area contributed by atoms with Crippen LogP contribution in [-0.2, 0) is 5.60 Å². The molecule has 0 aliphatic heterocycles. The zero-order valence-electron chi connectivity index (χ0n) is 11.3. The molecule has 0 amide bonds. The van der Waals surface area contributed by atoms with E-state index >= 15 is 0 Å². The normalized spacial score (nSPS) is 18.4. The molecule has 1 atom stereocenters.